The van der Waals surface area contributed by atoms with Crippen molar-refractivity contribution in [3.8, 4) is 34.6 Å². The van der Waals surface area contributed by atoms with Crippen molar-refractivity contribution in [2.45, 2.75) is 37.0 Å². The summed E-state index contributed by atoms with van der Waals surface area (Å²) >= 11 is 0. The summed E-state index contributed by atoms with van der Waals surface area (Å²) in [4.78, 5) is 15.6. The fourth-order valence-electron chi connectivity index (χ4n) is 5.10. The van der Waals surface area contributed by atoms with Crippen LogP contribution in [0.1, 0.15) is 30.2 Å². The van der Waals surface area contributed by atoms with Crippen LogP contribution in [-0.2, 0) is 20.3 Å². The quantitative estimate of drug-likeness (QED) is 0.233. The van der Waals surface area contributed by atoms with Crippen molar-refractivity contribution in [3.05, 3.63) is 66.0 Å². The second-order valence-electron chi connectivity index (χ2n) is 10.2. The molecule has 1 fully saturated rings. The molecule has 1 aliphatic heterocycles. The highest BCUT2D eigenvalue weighted by Crippen LogP contribution is 2.38. The van der Waals surface area contributed by atoms with Crippen molar-refractivity contribution in [3.63, 3.8) is 0 Å². The molecule has 4 aromatic rings. The average molecular weight is 610 g/mol. The number of benzene rings is 1. The summed E-state index contributed by atoms with van der Waals surface area (Å²) in [5.74, 6) is 1.70. The van der Waals surface area contributed by atoms with Gasteiger partial charge in [0.25, 0.3) is 0 Å². The molecule has 3 aromatic heterocycles. The smallest absolute Gasteiger partial charge is 0.213 e. The van der Waals surface area contributed by atoms with E-state index in [1.54, 1.807) is 67.4 Å². The Balaban J connectivity index is 1.60. The highest BCUT2D eigenvalue weighted by Gasteiger charge is 2.43. The molecule has 4 heterocycles. The van der Waals surface area contributed by atoms with Gasteiger partial charge in [0.05, 0.1) is 38.7 Å². The van der Waals surface area contributed by atoms with Crippen LogP contribution >= 0.6 is 0 Å². The maximum absolute atomic E-state index is 14.2. The fraction of sp³-hybridized carbons (Fsp3) is 0.414. The van der Waals surface area contributed by atoms with Crippen LogP contribution in [0.2, 0.25) is 0 Å². The summed E-state index contributed by atoms with van der Waals surface area (Å²) in [5.41, 5.74) is 1.75. The van der Waals surface area contributed by atoms with E-state index in [0.717, 1.165) is 5.56 Å². The van der Waals surface area contributed by atoms with Gasteiger partial charge in [0.1, 0.15) is 34.5 Å². The molecule has 0 amide bonds. The zero-order valence-corrected chi connectivity index (χ0v) is 25.8. The molecule has 228 valence electrons. The van der Waals surface area contributed by atoms with Crippen molar-refractivity contribution in [1.82, 2.24) is 34.6 Å². The lowest BCUT2D eigenvalue weighted by molar-refractivity contribution is -0.0531. The Morgan fingerprint density at radius 2 is 1.58 bits per heavy atom. The first-order valence-corrected chi connectivity index (χ1v) is 15.4. The van der Waals surface area contributed by atoms with Crippen LogP contribution in [0.3, 0.4) is 0 Å². The zero-order chi connectivity index (χ0) is 30.7. The van der Waals surface area contributed by atoms with E-state index in [4.69, 9.17) is 18.9 Å². The van der Waals surface area contributed by atoms with Crippen molar-refractivity contribution in [1.29, 1.82) is 0 Å². The highest BCUT2D eigenvalue weighted by atomic mass is 32.2. The van der Waals surface area contributed by atoms with Gasteiger partial charge in [0.2, 0.25) is 5.88 Å². The van der Waals surface area contributed by atoms with E-state index in [1.165, 1.54) is 21.3 Å². The van der Waals surface area contributed by atoms with Gasteiger partial charge in [-0.1, -0.05) is 12.1 Å². The monoisotopic (exact) mass is 609 g/mol. The number of aromatic nitrogens is 6. The minimum Gasteiger partial charge on any atom is -0.494 e. The molecule has 1 aromatic carbocycles. The maximum atomic E-state index is 14.2. The van der Waals surface area contributed by atoms with Gasteiger partial charge in [-0.3, -0.25) is 9.47 Å². The predicted octanol–water partition coefficient (Wildman–Crippen LogP) is 2.83. The van der Waals surface area contributed by atoms with Crippen molar-refractivity contribution in [2.24, 2.45) is 0 Å². The Hall–Kier alpha value is -4.14. The molecule has 14 heteroatoms. The van der Waals surface area contributed by atoms with E-state index >= 15 is 0 Å². The third kappa shape index (κ3) is 6.03. The molecule has 0 bridgehead atoms. The van der Waals surface area contributed by atoms with E-state index in [1.807, 2.05) is 11.8 Å². The number of pyridine rings is 1. The molecule has 0 radical (unpaired) electrons. The van der Waals surface area contributed by atoms with E-state index in [0.29, 0.717) is 53.5 Å². The van der Waals surface area contributed by atoms with E-state index in [-0.39, 0.29) is 11.9 Å². The fourth-order valence-corrected chi connectivity index (χ4v) is 6.59. The Kier molecular flexibility index (Phi) is 8.89. The largest absolute Gasteiger partial charge is 0.494 e. The van der Waals surface area contributed by atoms with Crippen LogP contribution in [0.15, 0.2) is 48.8 Å². The van der Waals surface area contributed by atoms with Crippen LogP contribution < -0.4 is 14.2 Å². The van der Waals surface area contributed by atoms with Crippen molar-refractivity contribution >= 4 is 9.84 Å². The second kappa shape index (κ2) is 12.6. The van der Waals surface area contributed by atoms with Crippen molar-refractivity contribution < 1.29 is 27.4 Å². The predicted molar refractivity (Wildman–Crippen MR) is 158 cm³/mol. The summed E-state index contributed by atoms with van der Waals surface area (Å²) in [6, 6.07) is 9.91. The SMILES string of the molecule is COc1cccc(-c2nnc(CS(=O)(=O)[C@@H](C)[C@H](c3ncc(C)cn3)N3CC(OC)C3)n2-c2c(OC)cccc2OC)n1. The lowest BCUT2D eigenvalue weighted by Gasteiger charge is -2.44. The van der Waals surface area contributed by atoms with Crippen LogP contribution in [0.4, 0.5) is 0 Å². The number of rotatable bonds is 12. The molecule has 1 saturated heterocycles. The molecule has 5 rings (SSSR count). The molecule has 13 nitrogen and oxygen atoms in total. The van der Waals surface area contributed by atoms with Gasteiger partial charge in [0.15, 0.2) is 21.5 Å². The first-order chi connectivity index (χ1) is 20.7. The number of aryl methyl sites for hydroxylation is 1. The summed E-state index contributed by atoms with van der Waals surface area (Å²) in [7, 11) is 2.33. The molecule has 0 saturated carbocycles. The first kappa shape index (κ1) is 30.3. The number of hydrogen-bond acceptors (Lipinski definition) is 12. The zero-order valence-electron chi connectivity index (χ0n) is 25.0. The van der Waals surface area contributed by atoms with E-state index in [2.05, 4.69) is 25.1 Å². The molecule has 0 spiro atoms. The van der Waals surface area contributed by atoms with E-state index < -0.39 is 26.9 Å². The molecular weight excluding hydrogens is 574 g/mol. The number of likely N-dealkylation sites (tertiary alicyclic amines) is 1. The minimum atomic E-state index is -3.88. The molecule has 0 unspecified atom stereocenters. The van der Waals surface area contributed by atoms with Crippen LogP contribution in [0.5, 0.6) is 17.4 Å². The lowest BCUT2D eigenvalue weighted by Crippen LogP contribution is -2.56. The topological polar surface area (TPSA) is 144 Å². The Morgan fingerprint density at radius 1 is 0.930 bits per heavy atom. The van der Waals surface area contributed by atoms with Gasteiger partial charge in [-0.25, -0.2) is 23.4 Å². The van der Waals surface area contributed by atoms with Crippen LogP contribution in [0, 0.1) is 6.92 Å². The first-order valence-electron chi connectivity index (χ1n) is 13.6. The minimum absolute atomic E-state index is 0.0156. The number of sulfone groups is 1. The van der Waals surface area contributed by atoms with Gasteiger partial charge >= 0.3 is 0 Å². The summed E-state index contributed by atoms with van der Waals surface area (Å²) in [6.45, 7) is 4.70. The number of ether oxygens (including phenoxy) is 4. The average Bonchev–Trinajstić information content (AvgIpc) is 3.40. The third-order valence-corrected chi connectivity index (χ3v) is 9.58. The number of para-hydroxylation sites is 1. The Morgan fingerprint density at radius 3 is 2.19 bits per heavy atom. The highest BCUT2D eigenvalue weighted by molar-refractivity contribution is 7.91. The standard InChI is InChI=1S/C29H35N7O6S/c1-18-13-30-28(31-14-18)26(35-15-20(16-35)39-3)19(2)43(37,38)17-24-33-34-29(21-9-7-12-25(32-21)42-6)36(24)27-22(40-4)10-8-11-23(27)41-5/h7-14,19-20,26H,15-17H2,1-6H3/t19-,26+/m0/s1. The molecule has 1 aliphatic rings. The Labute approximate surface area is 250 Å². The molecule has 0 aliphatic carbocycles. The second-order valence-corrected chi connectivity index (χ2v) is 12.6. The van der Waals surface area contributed by atoms with Crippen molar-refractivity contribution in [2.75, 3.05) is 41.5 Å². The summed E-state index contributed by atoms with van der Waals surface area (Å²) < 4.78 is 52.2. The maximum Gasteiger partial charge on any atom is 0.213 e. The lowest BCUT2D eigenvalue weighted by atomic mass is 10.0. The van der Waals surface area contributed by atoms with Gasteiger partial charge in [-0.05, 0) is 37.6 Å². The van der Waals surface area contributed by atoms with E-state index in [9.17, 15) is 8.42 Å². The van der Waals surface area contributed by atoms with Crippen LogP contribution in [-0.4, -0.2) is 95.9 Å². The normalized spacial score (nSPS) is 15.5. The molecular formula is C29H35N7O6S. The molecule has 43 heavy (non-hydrogen) atoms. The van der Waals surface area contributed by atoms with Gasteiger partial charge in [-0.15, -0.1) is 10.2 Å². The Bertz CT molecular complexity index is 1650. The third-order valence-electron chi connectivity index (χ3n) is 7.53. The van der Waals surface area contributed by atoms with Gasteiger partial charge in [0, 0.05) is 38.7 Å². The number of hydrogen-bond donors (Lipinski definition) is 0. The van der Waals surface area contributed by atoms with Gasteiger partial charge in [-0.2, -0.15) is 0 Å². The summed E-state index contributed by atoms with van der Waals surface area (Å²) in [5, 5.41) is 7.87. The number of methoxy groups -OCH3 is 4. The molecule has 2 atom stereocenters. The summed E-state index contributed by atoms with van der Waals surface area (Å²) in [6.07, 6.45) is 3.41. The number of nitrogens with zero attached hydrogens (tertiary/aromatic N) is 7. The molecule has 0 N–H and O–H groups in total. The van der Waals surface area contributed by atoms with Gasteiger partial charge < -0.3 is 18.9 Å². The van der Waals surface area contributed by atoms with Crippen LogP contribution in [0.25, 0.3) is 17.2 Å².